The summed E-state index contributed by atoms with van der Waals surface area (Å²) in [5.74, 6) is 0.172. The fourth-order valence-corrected chi connectivity index (χ4v) is 4.05. The number of carbonyl (C=O) groups is 1. The van der Waals surface area contributed by atoms with E-state index in [0.29, 0.717) is 35.5 Å². The van der Waals surface area contributed by atoms with Gasteiger partial charge >= 0.3 is 0 Å². The van der Waals surface area contributed by atoms with E-state index in [9.17, 15) is 19.1 Å². The molecule has 0 saturated heterocycles. The molecular formula is C18H19N3O4S. The highest BCUT2D eigenvalue weighted by Crippen LogP contribution is 2.24. The van der Waals surface area contributed by atoms with Gasteiger partial charge in [-0.05, 0) is 37.0 Å². The van der Waals surface area contributed by atoms with Crippen LogP contribution in [0.4, 0.5) is 5.69 Å². The Hall–Kier alpha value is -2.61. The Bertz CT molecular complexity index is 884. The standard InChI is InChI=1S/C18H19N3O4S/c1-2-26(25)17-6-4-3-5-15(17)18(22)20-13-7-8-16-12(9-13)10-14(11-19-16)21(23)24/h3-6,10-11,13H,2,7-9H2,1H3,(H,20,22)/t13-,26-/m0/s1. The van der Waals surface area contributed by atoms with Gasteiger partial charge in [-0.2, -0.15) is 0 Å². The highest BCUT2D eigenvalue weighted by molar-refractivity contribution is 7.85. The second kappa shape index (κ2) is 7.74. The average molecular weight is 373 g/mol. The van der Waals surface area contributed by atoms with Crippen LogP contribution in [0.2, 0.25) is 0 Å². The van der Waals surface area contributed by atoms with Crippen LogP contribution in [0.3, 0.4) is 0 Å². The van der Waals surface area contributed by atoms with Gasteiger partial charge in [-0.1, -0.05) is 19.1 Å². The number of amides is 1. The summed E-state index contributed by atoms with van der Waals surface area (Å²) in [5, 5.41) is 13.9. The normalized spacial score (nSPS) is 17.2. The lowest BCUT2D eigenvalue weighted by Gasteiger charge is -2.25. The average Bonchev–Trinajstić information content (AvgIpc) is 2.66. The summed E-state index contributed by atoms with van der Waals surface area (Å²) in [4.78, 5) is 27.8. The molecule has 136 valence electrons. The van der Waals surface area contributed by atoms with E-state index in [2.05, 4.69) is 10.3 Å². The van der Waals surface area contributed by atoms with E-state index in [1.165, 1.54) is 12.3 Å². The molecule has 1 aliphatic rings. The third-order valence-corrected chi connectivity index (χ3v) is 5.80. The van der Waals surface area contributed by atoms with E-state index in [-0.39, 0.29) is 17.6 Å². The lowest BCUT2D eigenvalue weighted by molar-refractivity contribution is -0.385. The first-order valence-electron chi connectivity index (χ1n) is 8.40. The predicted octanol–water partition coefficient (Wildman–Crippen LogP) is 2.40. The second-order valence-electron chi connectivity index (χ2n) is 6.10. The number of pyridine rings is 1. The monoisotopic (exact) mass is 373 g/mol. The third-order valence-electron chi connectivity index (χ3n) is 4.43. The first-order chi connectivity index (χ1) is 12.5. The van der Waals surface area contributed by atoms with Crippen LogP contribution in [0.15, 0.2) is 41.4 Å². The summed E-state index contributed by atoms with van der Waals surface area (Å²) in [6, 6.07) is 8.28. The first-order valence-corrected chi connectivity index (χ1v) is 9.72. The summed E-state index contributed by atoms with van der Waals surface area (Å²) in [7, 11) is -1.22. The minimum Gasteiger partial charge on any atom is -0.349 e. The number of nitrogens with one attached hydrogen (secondary N) is 1. The van der Waals surface area contributed by atoms with Gasteiger partial charge in [0.05, 0.1) is 26.2 Å². The van der Waals surface area contributed by atoms with Gasteiger partial charge in [-0.15, -0.1) is 0 Å². The maximum atomic E-state index is 12.7. The van der Waals surface area contributed by atoms with E-state index in [0.717, 1.165) is 11.3 Å². The zero-order chi connectivity index (χ0) is 18.7. The van der Waals surface area contributed by atoms with Gasteiger partial charge in [0, 0.05) is 23.6 Å². The van der Waals surface area contributed by atoms with Crippen LogP contribution in [0.5, 0.6) is 0 Å². The number of aryl methyl sites for hydroxylation is 1. The maximum absolute atomic E-state index is 12.7. The van der Waals surface area contributed by atoms with Crippen molar-refractivity contribution in [1.82, 2.24) is 10.3 Å². The SMILES string of the molecule is CC[S@](=O)c1ccccc1C(=O)N[C@H]1CCc2ncc([N+](=O)[O-])cc2C1. The molecular weight excluding hydrogens is 354 g/mol. The second-order valence-corrected chi connectivity index (χ2v) is 7.81. The highest BCUT2D eigenvalue weighted by atomic mass is 32.2. The van der Waals surface area contributed by atoms with E-state index in [1.54, 1.807) is 24.3 Å². The molecule has 3 rings (SSSR count). The van der Waals surface area contributed by atoms with Gasteiger partial charge in [0.1, 0.15) is 6.20 Å². The molecule has 0 fully saturated rings. The summed E-state index contributed by atoms with van der Waals surface area (Å²) >= 11 is 0. The number of rotatable bonds is 5. The fourth-order valence-electron chi connectivity index (χ4n) is 3.10. The third kappa shape index (κ3) is 3.80. The summed E-state index contributed by atoms with van der Waals surface area (Å²) in [5.41, 5.74) is 2.00. The Kier molecular flexibility index (Phi) is 5.41. The van der Waals surface area contributed by atoms with E-state index in [1.807, 2.05) is 6.92 Å². The number of nitrogens with zero attached hydrogens (tertiary/aromatic N) is 2. The topological polar surface area (TPSA) is 102 Å². The Morgan fingerprint density at radius 2 is 2.19 bits per heavy atom. The van der Waals surface area contributed by atoms with Crippen molar-refractivity contribution in [2.24, 2.45) is 0 Å². The zero-order valence-corrected chi connectivity index (χ0v) is 15.1. The van der Waals surface area contributed by atoms with Crippen LogP contribution in [-0.4, -0.2) is 31.8 Å². The fraction of sp³-hybridized carbons (Fsp3) is 0.333. The van der Waals surface area contributed by atoms with Crippen LogP contribution in [-0.2, 0) is 23.6 Å². The van der Waals surface area contributed by atoms with Crippen molar-refractivity contribution in [2.45, 2.75) is 37.1 Å². The number of benzene rings is 1. The van der Waals surface area contributed by atoms with Gasteiger partial charge in [0.15, 0.2) is 0 Å². The Labute approximate surface area is 153 Å². The molecule has 26 heavy (non-hydrogen) atoms. The molecule has 1 aromatic carbocycles. The molecule has 0 unspecified atom stereocenters. The summed E-state index contributed by atoms with van der Waals surface area (Å²) in [6.07, 6.45) is 3.13. The number of nitro groups is 1. The molecule has 1 heterocycles. The Morgan fingerprint density at radius 1 is 1.42 bits per heavy atom. The number of hydrogen-bond donors (Lipinski definition) is 1. The molecule has 0 saturated carbocycles. The van der Waals surface area contributed by atoms with Crippen molar-refractivity contribution in [2.75, 3.05) is 5.75 Å². The molecule has 7 nitrogen and oxygen atoms in total. The number of fused-ring (bicyclic) bond motifs is 1. The predicted molar refractivity (Wildman–Crippen MR) is 97.6 cm³/mol. The molecule has 1 N–H and O–H groups in total. The molecule has 1 aliphatic carbocycles. The van der Waals surface area contributed by atoms with Gasteiger partial charge in [0.2, 0.25) is 0 Å². The maximum Gasteiger partial charge on any atom is 0.287 e. The van der Waals surface area contributed by atoms with Crippen molar-refractivity contribution >= 4 is 22.4 Å². The molecule has 0 aliphatic heterocycles. The molecule has 0 radical (unpaired) electrons. The molecule has 0 bridgehead atoms. The summed E-state index contributed by atoms with van der Waals surface area (Å²) in [6.45, 7) is 1.81. The van der Waals surface area contributed by atoms with E-state index < -0.39 is 15.7 Å². The van der Waals surface area contributed by atoms with E-state index in [4.69, 9.17) is 0 Å². The minimum atomic E-state index is -1.22. The van der Waals surface area contributed by atoms with Crippen molar-refractivity contribution in [1.29, 1.82) is 0 Å². The van der Waals surface area contributed by atoms with Gasteiger partial charge < -0.3 is 5.32 Å². The molecule has 2 atom stereocenters. The molecule has 8 heteroatoms. The Balaban J connectivity index is 1.77. The van der Waals surface area contributed by atoms with Crippen molar-refractivity contribution in [3.63, 3.8) is 0 Å². The van der Waals surface area contributed by atoms with Gasteiger partial charge in [-0.3, -0.25) is 24.1 Å². The van der Waals surface area contributed by atoms with Crippen LogP contribution in [0, 0.1) is 10.1 Å². The quantitative estimate of drug-likeness (QED) is 0.640. The largest absolute Gasteiger partial charge is 0.349 e. The van der Waals surface area contributed by atoms with Crippen molar-refractivity contribution in [3.05, 3.63) is 63.5 Å². The van der Waals surface area contributed by atoms with Gasteiger partial charge in [0.25, 0.3) is 11.6 Å². The van der Waals surface area contributed by atoms with Crippen LogP contribution in [0.1, 0.15) is 35.0 Å². The number of hydrogen-bond acceptors (Lipinski definition) is 5. The smallest absolute Gasteiger partial charge is 0.287 e. The Morgan fingerprint density at radius 3 is 2.92 bits per heavy atom. The highest BCUT2D eigenvalue weighted by Gasteiger charge is 2.24. The van der Waals surface area contributed by atoms with Crippen LogP contribution in [0.25, 0.3) is 0 Å². The molecule has 1 amide bonds. The zero-order valence-electron chi connectivity index (χ0n) is 14.3. The van der Waals surface area contributed by atoms with Crippen molar-refractivity contribution < 1.29 is 13.9 Å². The number of aromatic nitrogens is 1. The molecule has 1 aromatic heterocycles. The number of carbonyl (C=O) groups excluding carboxylic acids is 1. The lowest BCUT2D eigenvalue weighted by atomic mass is 9.91. The van der Waals surface area contributed by atoms with E-state index >= 15 is 0 Å². The van der Waals surface area contributed by atoms with Crippen LogP contribution >= 0.6 is 0 Å². The lowest BCUT2D eigenvalue weighted by Crippen LogP contribution is -2.39. The summed E-state index contributed by atoms with van der Waals surface area (Å²) < 4.78 is 12.2. The van der Waals surface area contributed by atoms with Crippen LogP contribution < -0.4 is 5.32 Å². The minimum absolute atomic E-state index is 0.0422. The molecule has 0 spiro atoms. The molecule has 2 aromatic rings. The van der Waals surface area contributed by atoms with Gasteiger partial charge in [-0.25, -0.2) is 0 Å². The first kappa shape index (κ1) is 18.2. The van der Waals surface area contributed by atoms with Crippen molar-refractivity contribution in [3.8, 4) is 0 Å².